The predicted molar refractivity (Wildman–Crippen MR) is 58.4 cm³/mol. The molecule has 14 heavy (non-hydrogen) atoms. The first-order chi connectivity index (χ1) is 6.56. The van der Waals surface area contributed by atoms with Crippen LogP contribution < -0.4 is 10.5 Å². The predicted octanol–water partition coefficient (Wildman–Crippen LogP) is 1.20. The van der Waals surface area contributed by atoms with E-state index in [0.717, 1.165) is 0 Å². The van der Waals surface area contributed by atoms with E-state index in [1.807, 2.05) is 13.8 Å². The van der Waals surface area contributed by atoms with Crippen molar-refractivity contribution in [2.45, 2.75) is 18.7 Å². The number of anilines is 1. The monoisotopic (exact) mass is 216 g/mol. The van der Waals surface area contributed by atoms with Crippen molar-refractivity contribution in [2.75, 3.05) is 12.8 Å². The SMILES string of the molecule is CC.CNS(=O)(=O)c1ccc(N)cc1. The molecular weight excluding hydrogens is 200 g/mol. The normalized spacial score (nSPS) is 10.2. The standard InChI is InChI=1S/C7H10N2O2S.C2H6/c1-9-12(10,11)7-4-2-6(8)3-5-7;1-2/h2-5,9H,8H2,1H3;1-2H3. The molecular formula is C9H16N2O2S. The van der Waals surface area contributed by atoms with Gasteiger partial charge in [0, 0.05) is 5.69 Å². The largest absolute Gasteiger partial charge is 0.399 e. The van der Waals surface area contributed by atoms with Crippen molar-refractivity contribution in [3.05, 3.63) is 24.3 Å². The Balaban J connectivity index is 0.000000791. The summed E-state index contributed by atoms with van der Waals surface area (Å²) >= 11 is 0. The van der Waals surface area contributed by atoms with E-state index < -0.39 is 10.0 Å². The van der Waals surface area contributed by atoms with Gasteiger partial charge in [-0.15, -0.1) is 0 Å². The highest BCUT2D eigenvalue weighted by atomic mass is 32.2. The molecule has 0 spiro atoms. The van der Waals surface area contributed by atoms with Crippen LogP contribution in [0.1, 0.15) is 13.8 Å². The molecule has 0 unspecified atom stereocenters. The van der Waals surface area contributed by atoms with E-state index in [-0.39, 0.29) is 4.90 Å². The number of benzene rings is 1. The number of hydrogen-bond acceptors (Lipinski definition) is 3. The molecule has 0 saturated heterocycles. The molecule has 1 aromatic carbocycles. The molecule has 0 radical (unpaired) electrons. The summed E-state index contributed by atoms with van der Waals surface area (Å²) in [5.41, 5.74) is 5.94. The summed E-state index contributed by atoms with van der Waals surface area (Å²) in [6, 6.07) is 6.01. The average Bonchev–Trinajstić information content (AvgIpc) is 2.21. The molecule has 0 aliphatic carbocycles. The van der Waals surface area contributed by atoms with Crippen LogP contribution in [0.3, 0.4) is 0 Å². The van der Waals surface area contributed by atoms with Gasteiger partial charge in [-0.2, -0.15) is 0 Å². The number of nitrogen functional groups attached to an aromatic ring is 1. The van der Waals surface area contributed by atoms with Crippen molar-refractivity contribution in [3.8, 4) is 0 Å². The lowest BCUT2D eigenvalue weighted by atomic mass is 10.3. The van der Waals surface area contributed by atoms with Gasteiger partial charge >= 0.3 is 0 Å². The second-order valence-corrected chi connectivity index (χ2v) is 4.16. The highest BCUT2D eigenvalue weighted by molar-refractivity contribution is 7.89. The van der Waals surface area contributed by atoms with Crippen molar-refractivity contribution >= 4 is 15.7 Å². The molecule has 0 heterocycles. The van der Waals surface area contributed by atoms with Crippen LogP contribution in [0.4, 0.5) is 5.69 Å². The highest BCUT2D eigenvalue weighted by Gasteiger charge is 2.09. The van der Waals surface area contributed by atoms with E-state index in [0.29, 0.717) is 5.69 Å². The summed E-state index contributed by atoms with van der Waals surface area (Å²) < 4.78 is 24.5. The van der Waals surface area contributed by atoms with Crippen LogP contribution >= 0.6 is 0 Å². The molecule has 80 valence electrons. The zero-order chi connectivity index (χ0) is 11.2. The molecule has 0 aliphatic heterocycles. The van der Waals surface area contributed by atoms with Gasteiger partial charge in [0.15, 0.2) is 0 Å². The Labute approximate surface area is 85.2 Å². The number of sulfonamides is 1. The van der Waals surface area contributed by atoms with E-state index >= 15 is 0 Å². The Kier molecular flexibility index (Phi) is 5.19. The molecule has 0 aliphatic rings. The number of nitrogens with two attached hydrogens (primary N) is 1. The third-order valence-electron chi connectivity index (χ3n) is 1.46. The van der Waals surface area contributed by atoms with E-state index in [1.165, 1.54) is 19.2 Å². The number of rotatable bonds is 2. The van der Waals surface area contributed by atoms with Crippen LogP contribution in [0.2, 0.25) is 0 Å². The van der Waals surface area contributed by atoms with Crippen LogP contribution in [-0.2, 0) is 10.0 Å². The number of hydrogen-bond donors (Lipinski definition) is 2. The summed E-state index contributed by atoms with van der Waals surface area (Å²) in [7, 11) is -1.95. The molecule has 3 N–H and O–H groups in total. The molecule has 0 fully saturated rings. The van der Waals surface area contributed by atoms with Crippen LogP contribution in [0.25, 0.3) is 0 Å². The molecule has 0 saturated carbocycles. The quantitative estimate of drug-likeness (QED) is 0.730. The van der Waals surface area contributed by atoms with Gasteiger partial charge in [0.2, 0.25) is 10.0 Å². The van der Waals surface area contributed by atoms with Gasteiger partial charge in [0.25, 0.3) is 0 Å². The third-order valence-corrected chi connectivity index (χ3v) is 2.89. The zero-order valence-electron chi connectivity index (χ0n) is 8.61. The van der Waals surface area contributed by atoms with Crippen LogP contribution in [0.5, 0.6) is 0 Å². The van der Waals surface area contributed by atoms with Crippen LogP contribution in [0.15, 0.2) is 29.2 Å². The summed E-state index contributed by atoms with van der Waals surface area (Å²) in [5, 5.41) is 0. The van der Waals surface area contributed by atoms with Crippen molar-refractivity contribution < 1.29 is 8.42 Å². The molecule has 0 bridgehead atoms. The van der Waals surface area contributed by atoms with Gasteiger partial charge in [0.1, 0.15) is 0 Å². The topological polar surface area (TPSA) is 72.2 Å². The fraction of sp³-hybridized carbons (Fsp3) is 0.333. The maximum Gasteiger partial charge on any atom is 0.240 e. The van der Waals surface area contributed by atoms with Gasteiger partial charge in [-0.1, -0.05) is 13.8 Å². The van der Waals surface area contributed by atoms with Crippen molar-refractivity contribution in [2.24, 2.45) is 0 Å². The Morgan fingerprint density at radius 3 is 1.93 bits per heavy atom. The zero-order valence-corrected chi connectivity index (χ0v) is 9.43. The Morgan fingerprint density at radius 1 is 1.14 bits per heavy atom. The molecule has 4 nitrogen and oxygen atoms in total. The van der Waals surface area contributed by atoms with Crippen molar-refractivity contribution in [1.29, 1.82) is 0 Å². The van der Waals surface area contributed by atoms with Crippen molar-refractivity contribution in [3.63, 3.8) is 0 Å². The molecule has 0 aromatic heterocycles. The molecule has 0 atom stereocenters. The lowest BCUT2D eigenvalue weighted by Gasteiger charge is -2.01. The Morgan fingerprint density at radius 2 is 1.57 bits per heavy atom. The first kappa shape index (κ1) is 12.9. The van der Waals surface area contributed by atoms with Gasteiger partial charge in [-0.25, -0.2) is 13.1 Å². The van der Waals surface area contributed by atoms with Gasteiger partial charge < -0.3 is 5.73 Å². The molecule has 5 heteroatoms. The summed E-state index contributed by atoms with van der Waals surface area (Å²) in [6.07, 6.45) is 0. The van der Waals surface area contributed by atoms with Gasteiger partial charge in [-0.3, -0.25) is 0 Å². The van der Waals surface area contributed by atoms with E-state index in [1.54, 1.807) is 12.1 Å². The fourth-order valence-corrected chi connectivity index (χ4v) is 1.49. The molecule has 0 amide bonds. The molecule has 1 rings (SSSR count). The van der Waals surface area contributed by atoms with E-state index in [2.05, 4.69) is 4.72 Å². The fourth-order valence-electron chi connectivity index (χ4n) is 0.765. The van der Waals surface area contributed by atoms with Gasteiger partial charge in [-0.05, 0) is 31.3 Å². The first-order valence-corrected chi connectivity index (χ1v) is 5.83. The summed E-state index contributed by atoms with van der Waals surface area (Å²) in [4.78, 5) is 0.221. The lowest BCUT2D eigenvalue weighted by Crippen LogP contribution is -2.18. The highest BCUT2D eigenvalue weighted by Crippen LogP contribution is 2.10. The minimum atomic E-state index is -3.32. The Bertz CT molecular complexity index is 357. The summed E-state index contributed by atoms with van der Waals surface area (Å²) in [5.74, 6) is 0. The molecule has 1 aromatic rings. The minimum Gasteiger partial charge on any atom is -0.399 e. The van der Waals surface area contributed by atoms with E-state index in [9.17, 15) is 8.42 Å². The summed E-state index contributed by atoms with van der Waals surface area (Å²) in [6.45, 7) is 4.00. The van der Waals surface area contributed by atoms with E-state index in [4.69, 9.17) is 5.73 Å². The second-order valence-electron chi connectivity index (χ2n) is 2.28. The smallest absolute Gasteiger partial charge is 0.240 e. The van der Waals surface area contributed by atoms with Gasteiger partial charge in [0.05, 0.1) is 4.90 Å². The van der Waals surface area contributed by atoms with Crippen molar-refractivity contribution in [1.82, 2.24) is 4.72 Å². The average molecular weight is 216 g/mol. The lowest BCUT2D eigenvalue weighted by molar-refractivity contribution is 0.588. The maximum absolute atomic E-state index is 11.2. The number of nitrogens with one attached hydrogen (secondary N) is 1. The second kappa shape index (κ2) is 5.62. The van der Waals surface area contributed by atoms with Crippen LogP contribution in [-0.4, -0.2) is 15.5 Å². The first-order valence-electron chi connectivity index (χ1n) is 4.35. The minimum absolute atomic E-state index is 0.221. The Hall–Kier alpha value is -1.07. The maximum atomic E-state index is 11.2. The van der Waals surface area contributed by atoms with Crippen LogP contribution in [0, 0.1) is 0 Å². The third kappa shape index (κ3) is 3.35.